The van der Waals surface area contributed by atoms with E-state index in [1.165, 1.54) is 34.2 Å². The molecular formula is C27H22N6O5S. The first kappa shape index (κ1) is 24.4. The highest BCUT2D eigenvalue weighted by Crippen LogP contribution is 2.53. The van der Waals surface area contributed by atoms with E-state index in [0.29, 0.717) is 9.33 Å². The summed E-state index contributed by atoms with van der Waals surface area (Å²) in [5.41, 5.74) is 2.10. The van der Waals surface area contributed by atoms with Gasteiger partial charge in [0.1, 0.15) is 10.7 Å². The first-order chi connectivity index (χ1) is 18.8. The zero-order chi connectivity index (χ0) is 27.4. The molecule has 2 atom stereocenters. The van der Waals surface area contributed by atoms with Gasteiger partial charge in [-0.2, -0.15) is 4.68 Å². The van der Waals surface area contributed by atoms with Crippen LogP contribution in [0.5, 0.6) is 0 Å². The number of carbonyl (C=O) groups excluding carboxylic acids is 1. The summed E-state index contributed by atoms with van der Waals surface area (Å²) in [4.78, 5) is 46.1. The molecule has 2 amide bonds. The van der Waals surface area contributed by atoms with Gasteiger partial charge in [0, 0.05) is 25.2 Å². The van der Waals surface area contributed by atoms with Gasteiger partial charge in [-0.15, -0.1) is 0 Å². The number of allylic oxidation sites excluding steroid dienone is 1. The van der Waals surface area contributed by atoms with Crippen molar-refractivity contribution in [3.8, 4) is 0 Å². The van der Waals surface area contributed by atoms with Crippen molar-refractivity contribution >= 4 is 35.4 Å². The maximum atomic E-state index is 13.6. The highest BCUT2D eigenvalue weighted by atomic mass is 32.1. The van der Waals surface area contributed by atoms with E-state index in [9.17, 15) is 19.7 Å². The highest BCUT2D eigenvalue weighted by molar-refractivity contribution is 7.07. The number of furan rings is 1. The SMILES string of the molecule is CN1C(=O)N(C)[C@]2(c3ccccc3)Nn3c(s/c(=C\C=C/c4ccc([N+](=O)[O-])o4)c3=O)=N[C@@]12c1ccccc1. The molecule has 4 aromatic rings. The average Bonchev–Trinajstić information content (AvgIpc) is 3.60. The number of nitro groups is 1. The smallest absolute Gasteiger partial charge is 0.401 e. The molecule has 2 aliphatic rings. The monoisotopic (exact) mass is 542 g/mol. The van der Waals surface area contributed by atoms with E-state index in [1.54, 1.807) is 36.0 Å². The third-order valence-electron chi connectivity index (χ3n) is 7.07. The summed E-state index contributed by atoms with van der Waals surface area (Å²) >= 11 is 1.17. The van der Waals surface area contributed by atoms with Gasteiger partial charge in [-0.3, -0.25) is 30.1 Å². The molecule has 0 saturated carbocycles. The van der Waals surface area contributed by atoms with Crippen LogP contribution >= 0.6 is 11.3 Å². The topological polar surface area (TPSA) is 126 Å². The van der Waals surface area contributed by atoms with Gasteiger partial charge in [0.15, 0.2) is 0 Å². The number of rotatable bonds is 5. The summed E-state index contributed by atoms with van der Waals surface area (Å²) in [5, 5.41) is 10.9. The lowest BCUT2D eigenvalue weighted by atomic mass is 9.80. The maximum absolute atomic E-state index is 13.6. The average molecular weight is 543 g/mol. The van der Waals surface area contributed by atoms with Gasteiger partial charge in [-0.05, 0) is 18.2 Å². The van der Waals surface area contributed by atoms with Crippen molar-refractivity contribution in [2.45, 2.75) is 11.3 Å². The molecule has 39 heavy (non-hydrogen) atoms. The molecule has 6 rings (SSSR count). The Morgan fingerprint density at radius 2 is 1.64 bits per heavy atom. The second-order valence-electron chi connectivity index (χ2n) is 9.09. The zero-order valence-electron chi connectivity index (χ0n) is 20.8. The number of hydrogen-bond donors (Lipinski definition) is 1. The number of urea groups is 1. The van der Waals surface area contributed by atoms with Crippen LogP contribution in [0, 0.1) is 10.1 Å². The molecular weight excluding hydrogens is 520 g/mol. The summed E-state index contributed by atoms with van der Waals surface area (Å²) in [5.74, 6) is -0.0828. The predicted molar refractivity (Wildman–Crippen MR) is 145 cm³/mol. The lowest BCUT2D eigenvalue weighted by Crippen LogP contribution is -2.67. The second-order valence-corrected chi connectivity index (χ2v) is 10.1. The van der Waals surface area contributed by atoms with Crippen molar-refractivity contribution in [1.29, 1.82) is 0 Å². The van der Waals surface area contributed by atoms with Gasteiger partial charge < -0.3 is 4.42 Å². The van der Waals surface area contributed by atoms with Crippen LogP contribution < -0.4 is 20.3 Å². The van der Waals surface area contributed by atoms with Gasteiger partial charge >= 0.3 is 11.9 Å². The van der Waals surface area contributed by atoms with Gasteiger partial charge in [-0.25, -0.2) is 9.79 Å². The Morgan fingerprint density at radius 3 is 2.28 bits per heavy atom. The maximum Gasteiger partial charge on any atom is 0.433 e. The minimum absolute atomic E-state index is 0.260. The highest BCUT2D eigenvalue weighted by Gasteiger charge is 2.69. The number of thiazole rings is 1. The Labute approximate surface area is 225 Å². The van der Waals surface area contributed by atoms with Crippen LogP contribution in [0.15, 0.2) is 93.1 Å². The van der Waals surface area contributed by atoms with E-state index in [1.807, 2.05) is 60.7 Å². The molecule has 2 aliphatic heterocycles. The number of nitrogens with zero attached hydrogens (tertiary/aromatic N) is 5. The molecule has 0 aliphatic carbocycles. The molecule has 1 saturated heterocycles. The standard InChI is InChI=1S/C27H22N6O5S/c1-30-25(35)31(2)27(19-12-7-4-8-13-19)26(30,18-10-5-3-6-11-18)28-24-32(29-27)23(34)21(39-24)15-9-14-20-16-17-22(38-20)33(36)37/h3-17,29H,1-2H3/b14-9-,21-15-/t26-,27-/m0/s1. The van der Waals surface area contributed by atoms with Crippen molar-refractivity contribution in [2.24, 2.45) is 4.99 Å². The minimum atomic E-state index is -1.25. The molecule has 1 fully saturated rings. The molecule has 0 unspecified atom stereocenters. The normalized spacial score (nSPS) is 22.5. The molecule has 2 aromatic heterocycles. The molecule has 0 bridgehead atoms. The second kappa shape index (κ2) is 8.81. The predicted octanol–water partition coefficient (Wildman–Crippen LogP) is 2.78. The van der Waals surface area contributed by atoms with E-state index >= 15 is 0 Å². The van der Waals surface area contributed by atoms with Crippen LogP contribution in [-0.2, 0) is 11.3 Å². The fourth-order valence-electron chi connectivity index (χ4n) is 5.29. The molecule has 4 heterocycles. The minimum Gasteiger partial charge on any atom is -0.401 e. The van der Waals surface area contributed by atoms with E-state index in [2.05, 4.69) is 5.43 Å². The summed E-state index contributed by atoms with van der Waals surface area (Å²) in [6.07, 6.45) is 4.72. The number of aromatic nitrogens is 1. The van der Waals surface area contributed by atoms with Crippen LogP contribution in [0.4, 0.5) is 10.7 Å². The summed E-state index contributed by atoms with van der Waals surface area (Å²) in [6.45, 7) is 0. The molecule has 1 N–H and O–H groups in total. The van der Waals surface area contributed by atoms with E-state index in [4.69, 9.17) is 9.41 Å². The van der Waals surface area contributed by atoms with Gasteiger partial charge in [0.05, 0.1) is 10.6 Å². The van der Waals surface area contributed by atoms with Crippen molar-refractivity contribution < 1.29 is 14.1 Å². The number of likely N-dealkylation sites (N-methyl/N-ethyl adjacent to an activating group) is 2. The molecule has 11 nitrogen and oxygen atoms in total. The fourth-order valence-corrected chi connectivity index (χ4v) is 6.21. The van der Waals surface area contributed by atoms with E-state index < -0.39 is 16.2 Å². The number of nitrogens with one attached hydrogen (secondary N) is 1. The zero-order valence-corrected chi connectivity index (χ0v) is 21.7. The van der Waals surface area contributed by atoms with Gasteiger partial charge in [0.25, 0.3) is 5.56 Å². The summed E-state index contributed by atoms with van der Waals surface area (Å²) in [6, 6.07) is 21.5. The van der Waals surface area contributed by atoms with E-state index in [-0.39, 0.29) is 23.2 Å². The van der Waals surface area contributed by atoms with Crippen LogP contribution in [0.25, 0.3) is 12.2 Å². The number of amides is 2. The third-order valence-corrected chi connectivity index (χ3v) is 8.06. The number of carbonyl (C=O) groups is 1. The Morgan fingerprint density at radius 1 is 0.974 bits per heavy atom. The van der Waals surface area contributed by atoms with Gasteiger partial charge in [0.2, 0.25) is 16.1 Å². The number of fused-ring (bicyclic) bond motifs is 2. The number of hydrogen-bond acceptors (Lipinski definition) is 8. The first-order valence-corrected chi connectivity index (χ1v) is 12.8. The Hall–Kier alpha value is -4.97. The van der Waals surface area contributed by atoms with Crippen LogP contribution in [0.3, 0.4) is 0 Å². The molecule has 196 valence electrons. The Kier molecular flexibility index (Phi) is 5.50. The van der Waals surface area contributed by atoms with Crippen molar-refractivity contribution in [1.82, 2.24) is 14.5 Å². The fraction of sp³-hybridized carbons (Fsp3) is 0.148. The van der Waals surface area contributed by atoms with Crippen LogP contribution in [0.1, 0.15) is 16.9 Å². The molecule has 2 aromatic carbocycles. The third kappa shape index (κ3) is 3.38. The van der Waals surface area contributed by atoms with Crippen LogP contribution in [0.2, 0.25) is 0 Å². The van der Waals surface area contributed by atoms with Crippen molar-refractivity contribution in [3.63, 3.8) is 0 Å². The quantitative estimate of drug-likeness (QED) is 0.305. The molecule has 12 heteroatoms. The largest absolute Gasteiger partial charge is 0.433 e. The lowest BCUT2D eigenvalue weighted by Gasteiger charge is -2.49. The first-order valence-electron chi connectivity index (χ1n) is 11.9. The van der Waals surface area contributed by atoms with Gasteiger partial charge in [-0.1, -0.05) is 78.1 Å². The summed E-state index contributed by atoms with van der Waals surface area (Å²) < 4.78 is 6.89. The summed E-state index contributed by atoms with van der Waals surface area (Å²) in [7, 11) is 3.40. The van der Waals surface area contributed by atoms with Crippen molar-refractivity contribution in [2.75, 3.05) is 19.5 Å². The Balaban J connectivity index is 1.57. The van der Waals surface area contributed by atoms with E-state index in [0.717, 1.165) is 11.1 Å². The lowest BCUT2D eigenvalue weighted by molar-refractivity contribution is -0.402. The Bertz CT molecular complexity index is 1810. The van der Waals surface area contributed by atoms with Crippen LogP contribution in [-0.4, -0.2) is 39.5 Å². The van der Waals surface area contributed by atoms with Crippen molar-refractivity contribution in [3.05, 3.63) is 126 Å². The molecule has 0 spiro atoms. The number of benzene rings is 2. The molecule has 0 radical (unpaired) electrons.